The molecular weight excluding hydrogens is 216 g/mol. The Kier molecular flexibility index (Phi) is 3.60. The first kappa shape index (κ1) is 11.5. The minimum Gasteiger partial charge on any atom is -0.494 e. The summed E-state index contributed by atoms with van der Waals surface area (Å²) in [5.74, 6) is 0.929. The van der Waals surface area contributed by atoms with E-state index in [0.29, 0.717) is 23.7 Å². The highest BCUT2D eigenvalue weighted by molar-refractivity contribution is 6.07. The molecule has 0 fully saturated rings. The molecular formula is C14H14O3. The van der Waals surface area contributed by atoms with Crippen LogP contribution in [0.4, 0.5) is 0 Å². The van der Waals surface area contributed by atoms with Crippen LogP contribution in [0, 0.1) is 0 Å². The average Bonchev–Trinajstić information content (AvgIpc) is 2.89. The smallest absolute Gasteiger partial charge is 0.228 e. The second-order valence-electron chi connectivity index (χ2n) is 3.68. The number of hydrogen-bond donors (Lipinski definition) is 0. The zero-order chi connectivity index (χ0) is 12.1. The van der Waals surface area contributed by atoms with E-state index < -0.39 is 0 Å². The van der Waals surface area contributed by atoms with Gasteiger partial charge in [0.25, 0.3) is 0 Å². The molecule has 0 radical (unpaired) electrons. The number of rotatable bonds is 5. The second kappa shape index (κ2) is 5.34. The molecule has 0 saturated heterocycles. The molecule has 3 nitrogen and oxygen atoms in total. The third-order valence-electron chi connectivity index (χ3n) is 2.31. The van der Waals surface area contributed by atoms with Gasteiger partial charge in [-0.25, -0.2) is 0 Å². The molecule has 0 atom stereocenters. The molecule has 0 aliphatic heterocycles. The van der Waals surface area contributed by atoms with Gasteiger partial charge in [-0.2, -0.15) is 0 Å². The largest absolute Gasteiger partial charge is 0.494 e. The van der Waals surface area contributed by atoms with E-state index in [-0.39, 0.29) is 5.78 Å². The van der Waals surface area contributed by atoms with Crippen LogP contribution in [-0.2, 0) is 0 Å². The highest BCUT2D eigenvalue weighted by atomic mass is 16.5. The standard InChI is InChI=1S/C14H14O3/c1-2-8-16-12-6-3-5-11(10-12)14(15)13-7-4-9-17-13/h3-7,9-10H,2,8H2,1H3. The first-order valence-corrected chi connectivity index (χ1v) is 5.62. The molecule has 2 aromatic rings. The zero-order valence-corrected chi connectivity index (χ0v) is 9.68. The van der Waals surface area contributed by atoms with E-state index in [0.717, 1.165) is 6.42 Å². The summed E-state index contributed by atoms with van der Waals surface area (Å²) in [5.41, 5.74) is 0.577. The Morgan fingerprint density at radius 2 is 2.18 bits per heavy atom. The van der Waals surface area contributed by atoms with Crippen molar-refractivity contribution < 1.29 is 13.9 Å². The maximum Gasteiger partial charge on any atom is 0.228 e. The summed E-state index contributed by atoms with van der Waals surface area (Å²) in [4.78, 5) is 12.0. The van der Waals surface area contributed by atoms with Crippen molar-refractivity contribution >= 4 is 5.78 Å². The molecule has 1 aromatic heterocycles. The van der Waals surface area contributed by atoms with Crippen LogP contribution in [0.3, 0.4) is 0 Å². The molecule has 1 heterocycles. The van der Waals surface area contributed by atoms with Gasteiger partial charge >= 0.3 is 0 Å². The predicted molar refractivity (Wildman–Crippen MR) is 64.4 cm³/mol. The van der Waals surface area contributed by atoms with E-state index in [1.807, 2.05) is 13.0 Å². The number of ether oxygens (including phenoxy) is 1. The lowest BCUT2D eigenvalue weighted by Gasteiger charge is -2.05. The van der Waals surface area contributed by atoms with Crippen LogP contribution in [0.1, 0.15) is 29.5 Å². The van der Waals surface area contributed by atoms with E-state index in [1.165, 1.54) is 6.26 Å². The zero-order valence-electron chi connectivity index (χ0n) is 9.68. The van der Waals surface area contributed by atoms with Crippen molar-refractivity contribution in [3.05, 3.63) is 54.0 Å². The van der Waals surface area contributed by atoms with Gasteiger partial charge in [0.2, 0.25) is 5.78 Å². The van der Waals surface area contributed by atoms with Gasteiger partial charge in [-0.05, 0) is 30.7 Å². The van der Waals surface area contributed by atoms with E-state index in [9.17, 15) is 4.79 Å². The fourth-order valence-corrected chi connectivity index (χ4v) is 1.50. The SMILES string of the molecule is CCCOc1cccc(C(=O)c2ccco2)c1. The van der Waals surface area contributed by atoms with Crippen LogP contribution in [0.15, 0.2) is 47.1 Å². The lowest BCUT2D eigenvalue weighted by atomic mass is 10.1. The van der Waals surface area contributed by atoms with E-state index in [4.69, 9.17) is 9.15 Å². The van der Waals surface area contributed by atoms with E-state index in [1.54, 1.807) is 30.3 Å². The molecule has 3 heteroatoms. The minimum absolute atomic E-state index is 0.128. The fourth-order valence-electron chi connectivity index (χ4n) is 1.50. The summed E-state index contributed by atoms with van der Waals surface area (Å²) in [7, 11) is 0. The first-order valence-electron chi connectivity index (χ1n) is 5.62. The average molecular weight is 230 g/mol. The Bertz CT molecular complexity index is 486. The van der Waals surface area contributed by atoms with Gasteiger partial charge < -0.3 is 9.15 Å². The minimum atomic E-state index is -0.128. The van der Waals surface area contributed by atoms with Gasteiger partial charge in [0.05, 0.1) is 12.9 Å². The number of carbonyl (C=O) groups is 1. The number of hydrogen-bond acceptors (Lipinski definition) is 3. The van der Waals surface area contributed by atoms with Crippen LogP contribution in [0.5, 0.6) is 5.75 Å². The maximum absolute atomic E-state index is 12.0. The summed E-state index contributed by atoms with van der Waals surface area (Å²) in [6, 6.07) is 10.5. The monoisotopic (exact) mass is 230 g/mol. The Labute approximate surface area is 100 Å². The second-order valence-corrected chi connectivity index (χ2v) is 3.68. The summed E-state index contributed by atoms with van der Waals surface area (Å²) < 4.78 is 10.6. The van der Waals surface area contributed by atoms with Gasteiger partial charge in [0, 0.05) is 5.56 Å². The molecule has 17 heavy (non-hydrogen) atoms. The number of carbonyl (C=O) groups excluding carboxylic acids is 1. The van der Waals surface area contributed by atoms with Crippen molar-refractivity contribution in [2.45, 2.75) is 13.3 Å². The van der Waals surface area contributed by atoms with Crippen LogP contribution < -0.4 is 4.74 Å². The summed E-state index contributed by atoms with van der Waals surface area (Å²) in [6.07, 6.45) is 2.43. The fraction of sp³-hybridized carbons (Fsp3) is 0.214. The van der Waals surface area contributed by atoms with Crippen LogP contribution in [0.25, 0.3) is 0 Å². The van der Waals surface area contributed by atoms with E-state index >= 15 is 0 Å². The molecule has 88 valence electrons. The molecule has 0 amide bonds. The Morgan fingerprint density at radius 1 is 1.29 bits per heavy atom. The van der Waals surface area contributed by atoms with E-state index in [2.05, 4.69) is 0 Å². The van der Waals surface area contributed by atoms with Crippen molar-refractivity contribution in [1.29, 1.82) is 0 Å². The lowest BCUT2D eigenvalue weighted by Crippen LogP contribution is -2.01. The number of ketones is 1. The molecule has 0 unspecified atom stereocenters. The van der Waals surface area contributed by atoms with Gasteiger partial charge in [-0.1, -0.05) is 19.1 Å². The molecule has 0 saturated carbocycles. The summed E-state index contributed by atoms with van der Waals surface area (Å²) >= 11 is 0. The third kappa shape index (κ3) is 2.75. The predicted octanol–water partition coefficient (Wildman–Crippen LogP) is 3.30. The summed E-state index contributed by atoms with van der Waals surface area (Å²) in [6.45, 7) is 2.69. The molecule has 0 N–H and O–H groups in total. The highest BCUT2D eigenvalue weighted by Crippen LogP contribution is 2.17. The highest BCUT2D eigenvalue weighted by Gasteiger charge is 2.12. The molecule has 0 bridgehead atoms. The quantitative estimate of drug-likeness (QED) is 0.740. The number of furan rings is 1. The Hall–Kier alpha value is -2.03. The van der Waals surface area contributed by atoms with Crippen LogP contribution >= 0.6 is 0 Å². The van der Waals surface area contributed by atoms with Crippen molar-refractivity contribution in [1.82, 2.24) is 0 Å². The molecule has 0 aliphatic rings. The Morgan fingerprint density at radius 3 is 2.88 bits per heavy atom. The molecule has 0 spiro atoms. The van der Waals surface area contributed by atoms with Crippen molar-refractivity contribution in [2.24, 2.45) is 0 Å². The molecule has 2 rings (SSSR count). The van der Waals surface area contributed by atoms with Gasteiger partial charge in [0.15, 0.2) is 5.76 Å². The first-order chi connectivity index (χ1) is 8.31. The maximum atomic E-state index is 12.0. The van der Waals surface area contributed by atoms with Crippen LogP contribution in [-0.4, -0.2) is 12.4 Å². The molecule has 1 aromatic carbocycles. The topological polar surface area (TPSA) is 39.4 Å². The van der Waals surface area contributed by atoms with Gasteiger partial charge in [-0.15, -0.1) is 0 Å². The lowest BCUT2D eigenvalue weighted by molar-refractivity contribution is 0.101. The Balaban J connectivity index is 2.18. The summed E-state index contributed by atoms with van der Waals surface area (Å²) in [5, 5.41) is 0. The van der Waals surface area contributed by atoms with Crippen molar-refractivity contribution in [3.63, 3.8) is 0 Å². The van der Waals surface area contributed by atoms with Gasteiger partial charge in [-0.3, -0.25) is 4.79 Å². The van der Waals surface area contributed by atoms with Crippen molar-refractivity contribution in [2.75, 3.05) is 6.61 Å². The van der Waals surface area contributed by atoms with Gasteiger partial charge in [0.1, 0.15) is 5.75 Å². The number of benzene rings is 1. The van der Waals surface area contributed by atoms with Crippen LogP contribution in [0.2, 0.25) is 0 Å². The third-order valence-corrected chi connectivity index (χ3v) is 2.31. The normalized spacial score (nSPS) is 10.2. The van der Waals surface area contributed by atoms with Crippen molar-refractivity contribution in [3.8, 4) is 5.75 Å². The molecule has 0 aliphatic carbocycles.